The number of aromatic nitrogens is 1. The molecular weight excluding hydrogens is 513 g/mol. The maximum absolute atomic E-state index is 12.3. The van der Waals surface area contributed by atoms with Crippen molar-refractivity contribution in [1.29, 1.82) is 0 Å². The van der Waals surface area contributed by atoms with Gasteiger partial charge in [0.1, 0.15) is 5.60 Å². The number of benzene rings is 2. The van der Waals surface area contributed by atoms with E-state index in [-0.39, 0.29) is 12.4 Å². The van der Waals surface area contributed by atoms with Crippen LogP contribution in [0.4, 0.5) is 0 Å². The van der Waals surface area contributed by atoms with E-state index < -0.39 is 5.60 Å². The molecule has 0 radical (unpaired) electrons. The van der Waals surface area contributed by atoms with Crippen LogP contribution in [0.2, 0.25) is 5.02 Å². The normalized spacial score (nSPS) is 11.6. The van der Waals surface area contributed by atoms with E-state index in [1.807, 2.05) is 24.3 Å². The lowest BCUT2D eigenvalue weighted by Crippen LogP contribution is -2.46. The Morgan fingerprint density at radius 1 is 0.816 bits per heavy atom. The molecular formula is C32H47Cl2N3O. The van der Waals surface area contributed by atoms with Gasteiger partial charge in [0.05, 0.1) is 11.2 Å². The van der Waals surface area contributed by atoms with Crippen LogP contribution < -0.4 is 10.6 Å². The Morgan fingerprint density at radius 2 is 1.39 bits per heavy atom. The van der Waals surface area contributed by atoms with Gasteiger partial charge >= 0.3 is 0 Å². The lowest BCUT2D eigenvalue weighted by Gasteiger charge is -2.31. The van der Waals surface area contributed by atoms with E-state index in [2.05, 4.69) is 56.5 Å². The van der Waals surface area contributed by atoms with Gasteiger partial charge in [0.25, 0.3) is 0 Å². The van der Waals surface area contributed by atoms with E-state index in [4.69, 9.17) is 16.6 Å². The first-order valence-corrected chi connectivity index (χ1v) is 14.6. The first-order chi connectivity index (χ1) is 17.9. The molecule has 0 unspecified atom stereocenters. The van der Waals surface area contributed by atoms with Gasteiger partial charge in [-0.15, -0.1) is 12.4 Å². The molecule has 6 heteroatoms. The Labute approximate surface area is 241 Å². The summed E-state index contributed by atoms with van der Waals surface area (Å²) in [6.07, 6.45) is 9.64. The summed E-state index contributed by atoms with van der Waals surface area (Å²) >= 11 is 6.17. The summed E-state index contributed by atoms with van der Waals surface area (Å²) in [4.78, 5) is 5.06. The maximum Gasteiger partial charge on any atom is 0.115 e. The summed E-state index contributed by atoms with van der Waals surface area (Å²) in [7, 11) is 0. The highest BCUT2D eigenvalue weighted by Gasteiger charge is 2.32. The Morgan fingerprint density at radius 3 is 1.95 bits per heavy atom. The van der Waals surface area contributed by atoms with Gasteiger partial charge in [-0.3, -0.25) is 0 Å². The molecule has 0 aliphatic rings. The highest BCUT2D eigenvalue weighted by molar-refractivity contribution is 6.30. The second-order valence-corrected chi connectivity index (χ2v) is 11.0. The summed E-state index contributed by atoms with van der Waals surface area (Å²) in [5.74, 6) is 0. The third kappa shape index (κ3) is 9.20. The van der Waals surface area contributed by atoms with Crippen molar-refractivity contribution < 1.29 is 5.11 Å². The number of nitrogens with one attached hydrogen (secondary N) is 2. The van der Waals surface area contributed by atoms with Crippen molar-refractivity contribution in [2.24, 2.45) is 0 Å². The Hall–Kier alpha value is -1.69. The number of fused-ring (bicyclic) bond motifs is 1. The Bertz CT molecular complexity index is 1100. The molecule has 2 aromatic carbocycles. The average Bonchev–Trinajstić information content (AvgIpc) is 2.88. The van der Waals surface area contributed by atoms with Gasteiger partial charge in [-0.25, -0.2) is 4.98 Å². The summed E-state index contributed by atoms with van der Waals surface area (Å²) in [6, 6.07) is 14.2. The number of hydrogen-bond acceptors (Lipinski definition) is 4. The zero-order valence-corrected chi connectivity index (χ0v) is 25.3. The lowest BCUT2D eigenvalue weighted by molar-refractivity contribution is 0.0384. The summed E-state index contributed by atoms with van der Waals surface area (Å²) < 4.78 is 0. The fourth-order valence-electron chi connectivity index (χ4n) is 5.03. The molecule has 0 aliphatic carbocycles. The van der Waals surface area contributed by atoms with Crippen LogP contribution >= 0.6 is 24.0 Å². The first-order valence-electron chi connectivity index (χ1n) is 14.2. The van der Waals surface area contributed by atoms with Crippen LogP contribution in [0.25, 0.3) is 22.2 Å². The van der Waals surface area contributed by atoms with Gasteiger partial charge in [-0.2, -0.15) is 0 Å². The topological polar surface area (TPSA) is 57.2 Å². The number of aryl methyl sites for hydroxylation is 2. The molecule has 38 heavy (non-hydrogen) atoms. The van der Waals surface area contributed by atoms with Crippen molar-refractivity contribution >= 4 is 34.9 Å². The number of aliphatic hydroxyl groups is 1. The fourth-order valence-corrected chi connectivity index (χ4v) is 5.16. The number of rotatable bonds is 16. The summed E-state index contributed by atoms with van der Waals surface area (Å²) in [5.41, 5.74) is 4.95. The Balaban J connectivity index is 0.00000507. The van der Waals surface area contributed by atoms with Crippen LogP contribution in [0.15, 0.2) is 42.5 Å². The van der Waals surface area contributed by atoms with Crippen LogP contribution in [0.3, 0.4) is 0 Å². The van der Waals surface area contributed by atoms with Gasteiger partial charge < -0.3 is 15.7 Å². The molecule has 4 nitrogen and oxygen atoms in total. The van der Waals surface area contributed by atoms with E-state index in [0.717, 1.165) is 59.2 Å². The molecule has 0 spiro atoms. The van der Waals surface area contributed by atoms with Crippen molar-refractivity contribution in [3.63, 3.8) is 0 Å². The predicted molar refractivity (Wildman–Crippen MR) is 167 cm³/mol. The van der Waals surface area contributed by atoms with Gasteiger partial charge in [0.2, 0.25) is 0 Å². The molecule has 0 bridgehead atoms. The van der Waals surface area contributed by atoms with E-state index in [1.165, 1.54) is 44.1 Å². The Kier molecular flexibility index (Phi) is 14.1. The molecule has 3 aromatic rings. The highest BCUT2D eigenvalue weighted by atomic mass is 35.5. The molecule has 0 amide bonds. The van der Waals surface area contributed by atoms with E-state index in [1.54, 1.807) is 0 Å². The fraction of sp³-hybridized carbons (Fsp3) is 0.531. The minimum atomic E-state index is -1.07. The monoisotopic (exact) mass is 559 g/mol. The molecule has 1 heterocycles. The van der Waals surface area contributed by atoms with Crippen LogP contribution in [0.5, 0.6) is 0 Å². The molecule has 0 atom stereocenters. The van der Waals surface area contributed by atoms with Gasteiger partial charge in [0.15, 0.2) is 0 Å². The van der Waals surface area contributed by atoms with Gasteiger partial charge in [0, 0.05) is 29.1 Å². The van der Waals surface area contributed by atoms with Gasteiger partial charge in [-0.1, -0.05) is 87.7 Å². The standard InChI is InChI=1S/C32H46ClN3O.ClH/c1-5-7-9-11-17-34-22-32(37,23-35-18-12-10-8-6-2)29-21-30(26-13-15-27(33)16-14-26)36-31-25(4)19-24(3)20-28(29)31;/h13-16,19-21,34-35,37H,5-12,17-18,22-23H2,1-4H3;1H. The maximum atomic E-state index is 12.3. The van der Waals surface area contributed by atoms with Crippen molar-refractivity contribution in [2.75, 3.05) is 26.2 Å². The van der Waals surface area contributed by atoms with Gasteiger partial charge in [-0.05, 0) is 75.2 Å². The second-order valence-electron chi connectivity index (χ2n) is 10.5. The second kappa shape index (κ2) is 16.4. The minimum absolute atomic E-state index is 0. The molecule has 3 N–H and O–H groups in total. The molecule has 3 rings (SSSR count). The van der Waals surface area contributed by atoms with Crippen molar-refractivity contribution in [3.05, 3.63) is 64.2 Å². The summed E-state index contributed by atoms with van der Waals surface area (Å²) in [5, 5.41) is 21.2. The predicted octanol–water partition coefficient (Wildman–Crippen LogP) is 8.12. The summed E-state index contributed by atoms with van der Waals surface area (Å²) in [6.45, 7) is 11.5. The highest BCUT2D eigenvalue weighted by Crippen LogP contribution is 2.34. The third-order valence-electron chi connectivity index (χ3n) is 7.14. The van der Waals surface area contributed by atoms with E-state index in [0.29, 0.717) is 18.1 Å². The molecule has 0 saturated heterocycles. The van der Waals surface area contributed by atoms with Crippen molar-refractivity contribution in [1.82, 2.24) is 15.6 Å². The number of hydrogen-bond donors (Lipinski definition) is 3. The number of nitrogens with zero attached hydrogens (tertiary/aromatic N) is 1. The quantitative estimate of drug-likeness (QED) is 0.155. The van der Waals surface area contributed by atoms with Crippen LogP contribution in [-0.4, -0.2) is 36.3 Å². The van der Waals surface area contributed by atoms with Crippen LogP contribution in [0, 0.1) is 13.8 Å². The molecule has 0 aliphatic heterocycles. The van der Waals surface area contributed by atoms with E-state index >= 15 is 0 Å². The minimum Gasteiger partial charge on any atom is -0.382 e. The van der Waals surface area contributed by atoms with Crippen LogP contribution in [0.1, 0.15) is 81.9 Å². The zero-order valence-electron chi connectivity index (χ0n) is 23.7. The molecule has 0 fully saturated rings. The molecule has 1 aromatic heterocycles. The van der Waals surface area contributed by atoms with E-state index in [9.17, 15) is 5.11 Å². The smallest absolute Gasteiger partial charge is 0.115 e. The number of unbranched alkanes of at least 4 members (excludes halogenated alkanes) is 6. The van der Waals surface area contributed by atoms with Crippen molar-refractivity contribution in [3.8, 4) is 11.3 Å². The van der Waals surface area contributed by atoms with Crippen LogP contribution in [-0.2, 0) is 5.60 Å². The largest absolute Gasteiger partial charge is 0.382 e. The number of halogens is 2. The molecule has 210 valence electrons. The third-order valence-corrected chi connectivity index (χ3v) is 7.39. The number of pyridine rings is 1. The molecule has 0 saturated carbocycles. The van der Waals surface area contributed by atoms with Crippen molar-refractivity contribution in [2.45, 2.75) is 84.7 Å². The first kappa shape index (κ1) is 32.5. The zero-order chi connectivity index (χ0) is 26.7. The lowest BCUT2D eigenvalue weighted by atomic mass is 9.87. The SMILES string of the molecule is CCCCCCNCC(O)(CNCCCCCC)c1cc(-c2ccc(Cl)cc2)nc2c(C)cc(C)cc12.Cl. The average molecular weight is 561 g/mol.